The highest BCUT2D eigenvalue weighted by Crippen LogP contribution is 2.16. The van der Waals surface area contributed by atoms with Gasteiger partial charge in [-0.05, 0) is 83.5 Å². The quantitative estimate of drug-likeness (QED) is 0.0262. The van der Waals surface area contributed by atoms with Crippen LogP contribution in [0.25, 0.3) is 0 Å². The summed E-state index contributed by atoms with van der Waals surface area (Å²) in [5, 5.41) is 0. The number of hydrogen-bond donors (Lipinski definition) is 0. The second-order valence-electron chi connectivity index (χ2n) is 20.3. The molecular formula is C63H114O6. The van der Waals surface area contributed by atoms with Crippen molar-refractivity contribution >= 4 is 17.9 Å². The molecule has 0 saturated carbocycles. The third kappa shape index (κ3) is 56.2. The van der Waals surface area contributed by atoms with Crippen LogP contribution in [0.4, 0.5) is 0 Å². The summed E-state index contributed by atoms with van der Waals surface area (Å²) < 4.78 is 16.9. The Morgan fingerprint density at radius 2 is 0.522 bits per heavy atom. The maximum absolute atomic E-state index is 12.9. The Morgan fingerprint density at radius 3 is 0.812 bits per heavy atom. The van der Waals surface area contributed by atoms with E-state index in [0.717, 1.165) is 77.0 Å². The molecule has 0 amide bonds. The van der Waals surface area contributed by atoms with E-state index >= 15 is 0 Å². The zero-order valence-electron chi connectivity index (χ0n) is 46.1. The van der Waals surface area contributed by atoms with Gasteiger partial charge in [-0.1, -0.05) is 262 Å². The Hall–Kier alpha value is -2.63. The van der Waals surface area contributed by atoms with Crippen molar-refractivity contribution in [3.8, 4) is 0 Å². The van der Waals surface area contributed by atoms with Gasteiger partial charge in [0.1, 0.15) is 13.2 Å². The first-order chi connectivity index (χ1) is 34.0. The van der Waals surface area contributed by atoms with Gasteiger partial charge in [0.15, 0.2) is 6.10 Å². The molecule has 402 valence electrons. The Balaban J connectivity index is 4.32. The molecule has 69 heavy (non-hydrogen) atoms. The van der Waals surface area contributed by atoms with Gasteiger partial charge >= 0.3 is 17.9 Å². The maximum Gasteiger partial charge on any atom is 0.306 e. The molecule has 0 bridgehead atoms. The molecule has 0 N–H and O–H groups in total. The monoisotopic (exact) mass is 967 g/mol. The zero-order valence-corrected chi connectivity index (χ0v) is 46.1. The average Bonchev–Trinajstić information content (AvgIpc) is 3.35. The van der Waals surface area contributed by atoms with E-state index in [-0.39, 0.29) is 31.1 Å². The minimum Gasteiger partial charge on any atom is -0.462 e. The highest BCUT2D eigenvalue weighted by atomic mass is 16.6. The third-order valence-electron chi connectivity index (χ3n) is 13.3. The lowest BCUT2D eigenvalue weighted by atomic mass is 10.0. The summed E-state index contributed by atoms with van der Waals surface area (Å²) in [6, 6.07) is 0. The fourth-order valence-electron chi connectivity index (χ4n) is 8.74. The van der Waals surface area contributed by atoms with Crippen LogP contribution in [-0.4, -0.2) is 37.2 Å². The van der Waals surface area contributed by atoms with Gasteiger partial charge in [-0.3, -0.25) is 14.4 Å². The predicted molar refractivity (Wildman–Crippen MR) is 298 cm³/mol. The van der Waals surface area contributed by atoms with Gasteiger partial charge in [-0.25, -0.2) is 0 Å². The molecule has 0 aromatic rings. The highest BCUT2D eigenvalue weighted by Gasteiger charge is 2.19. The van der Waals surface area contributed by atoms with Crippen LogP contribution in [0.5, 0.6) is 0 Å². The first-order valence-electron chi connectivity index (χ1n) is 30.1. The van der Waals surface area contributed by atoms with E-state index in [1.54, 1.807) is 0 Å². The molecule has 0 heterocycles. The number of rotatable bonds is 55. The van der Waals surface area contributed by atoms with E-state index in [1.165, 1.54) is 199 Å². The van der Waals surface area contributed by atoms with E-state index in [4.69, 9.17) is 14.2 Å². The largest absolute Gasteiger partial charge is 0.462 e. The Bertz CT molecular complexity index is 1200. The molecule has 0 aliphatic carbocycles. The number of hydrogen-bond acceptors (Lipinski definition) is 6. The normalized spacial score (nSPS) is 12.3. The van der Waals surface area contributed by atoms with Crippen molar-refractivity contribution in [2.45, 2.75) is 322 Å². The standard InChI is InChI=1S/C63H114O6/c1-4-7-10-13-16-19-22-25-27-29-31-32-33-35-36-38-41-44-47-50-53-56-62(65)68-59-60(58-67-61(64)55-52-49-46-43-40-24-21-18-15-12-9-6-3)69-63(66)57-54-51-48-45-42-39-37-34-30-28-26-23-20-17-14-11-8-5-2/h20,22-23,25,28-31,60H,4-19,21,24,26-27,32-59H2,1-3H3/b23-20-,25-22-,30-28-,31-29-. The molecule has 0 aliphatic heterocycles. The second kappa shape index (κ2) is 57.9. The number of allylic oxidation sites excluding steroid dienone is 8. The number of esters is 3. The van der Waals surface area contributed by atoms with Gasteiger partial charge in [0.05, 0.1) is 0 Å². The number of unbranched alkanes of at least 4 members (excludes halogenated alkanes) is 36. The first-order valence-corrected chi connectivity index (χ1v) is 30.1. The fraction of sp³-hybridized carbons (Fsp3) is 0.825. The molecule has 0 spiro atoms. The number of ether oxygens (including phenoxy) is 3. The summed E-state index contributed by atoms with van der Waals surface area (Å²) in [5.74, 6) is -0.871. The van der Waals surface area contributed by atoms with Crippen molar-refractivity contribution < 1.29 is 28.6 Å². The lowest BCUT2D eigenvalue weighted by Gasteiger charge is -2.18. The fourth-order valence-corrected chi connectivity index (χ4v) is 8.74. The summed E-state index contributed by atoms with van der Waals surface area (Å²) in [7, 11) is 0. The van der Waals surface area contributed by atoms with Gasteiger partial charge in [-0.2, -0.15) is 0 Å². The average molecular weight is 968 g/mol. The van der Waals surface area contributed by atoms with Gasteiger partial charge in [-0.15, -0.1) is 0 Å². The molecule has 0 saturated heterocycles. The predicted octanol–water partition coefficient (Wildman–Crippen LogP) is 20.2. The highest BCUT2D eigenvalue weighted by molar-refractivity contribution is 5.71. The van der Waals surface area contributed by atoms with E-state index in [9.17, 15) is 14.4 Å². The molecule has 0 aromatic carbocycles. The number of carbonyl (C=O) groups is 3. The zero-order chi connectivity index (χ0) is 50.0. The van der Waals surface area contributed by atoms with Crippen LogP contribution in [0, 0.1) is 0 Å². The van der Waals surface area contributed by atoms with Crippen molar-refractivity contribution in [3.63, 3.8) is 0 Å². The van der Waals surface area contributed by atoms with Crippen molar-refractivity contribution in [1.29, 1.82) is 0 Å². The van der Waals surface area contributed by atoms with E-state index in [1.807, 2.05) is 0 Å². The summed E-state index contributed by atoms with van der Waals surface area (Å²) in [6.45, 7) is 6.64. The van der Waals surface area contributed by atoms with Crippen LogP contribution in [0.15, 0.2) is 48.6 Å². The topological polar surface area (TPSA) is 78.9 Å². The van der Waals surface area contributed by atoms with Crippen molar-refractivity contribution in [3.05, 3.63) is 48.6 Å². The third-order valence-corrected chi connectivity index (χ3v) is 13.3. The minimum atomic E-state index is -0.777. The smallest absolute Gasteiger partial charge is 0.306 e. The van der Waals surface area contributed by atoms with Crippen LogP contribution in [-0.2, 0) is 28.6 Å². The van der Waals surface area contributed by atoms with Crippen LogP contribution in [0.3, 0.4) is 0 Å². The molecule has 6 heteroatoms. The lowest BCUT2D eigenvalue weighted by Crippen LogP contribution is -2.30. The molecule has 0 fully saturated rings. The summed E-state index contributed by atoms with van der Waals surface area (Å²) in [4.78, 5) is 38.2. The van der Waals surface area contributed by atoms with Crippen LogP contribution < -0.4 is 0 Å². The summed E-state index contributed by atoms with van der Waals surface area (Å²) in [5.41, 5.74) is 0. The van der Waals surface area contributed by atoms with Gasteiger partial charge in [0.25, 0.3) is 0 Å². The Morgan fingerprint density at radius 1 is 0.290 bits per heavy atom. The molecular weight excluding hydrogens is 853 g/mol. The minimum absolute atomic E-state index is 0.0746. The molecule has 1 atom stereocenters. The van der Waals surface area contributed by atoms with E-state index < -0.39 is 6.10 Å². The maximum atomic E-state index is 12.9. The SMILES string of the molecule is CCCCCC/C=C\C/C=C\CCCCCCCCCC(=O)OC(COC(=O)CCCCCCCCCCC/C=C\C/C=C\CCCCCCC)COC(=O)CCCCCCCCCCCCCC. The molecule has 0 rings (SSSR count). The van der Waals surface area contributed by atoms with Crippen molar-refractivity contribution in [1.82, 2.24) is 0 Å². The van der Waals surface area contributed by atoms with E-state index in [0.29, 0.717) is 19.3 Å². The Labute approximate surface area is 428 Å². The van der Waals surface area contributed by atoms with Crippen LogP contribution in [0.1, 0.15) is 316 Å². The number of carbonyl (C=O) groups excluding carboxylic acids is 3. The second-order valence-corrected chi connectivity index (χ2v) is 20.3. The van der Waals surface area contributed by atoms with Crippen molar-refractivity contribution in [2.75, 3.05) is 13.2 Å². The molecule has 0 aliphatic rings. The van der Waals surface area contributed by atoms with Crippen LogP contribution >= 0.6 is 0 Å². The molecule has 0 aromatic heterocycles. The van der Waals surface area contributed by atoms with Crippen molar-refractivity contribution in [2.24, 2.45) is 0 Å². The first kappa shape index (κ1) is 66.4. The lowest BCUT2D eigenvalue weighted by molar-refractivity contribution is -0.167. The van der Waals surface area contributed by atoms with Gasteiger partial charge in [0.2, 0.25) is 0 Å². The van der Waals surface area contributed by atoms with Gasteiger partial charge in [0, 0.05) is 19.3 Å². The summed E-state index contributed by atoms with van der Waals surface area (Å²) in [6.07, 6.45) is 71.0. The molecule has 1 unspecified atom stereocenters. The van der Waals surface area contributed by atoms with Crippen LogP contribution in [0.2, 0.25) is 0 Å². The Kier molecular flexibility index (Phi) is 55.7. The van der Waals surface area contributed by atoms with Gasteiger partial charge < -0.3 is 14.2 Å². The van der Waals surface area contributed by atoms with E-state index in [2.05, 4.69) is 69.4 Å². The molecule has 6 nitrogen and oxygen atoms in total. The molecule has 0 radical (unpaired) electrons. The summed E-state index contributed by atoms with van der Waals surface area (Å²) >= 11 is 0.